The lowest BCUT2D eigenvalue weighted by Gasteiger charge is -1.95. The largest absolute Gasteiger partial charge is 0.276 e. The van der Waals surface area contributed by atoms with Crippen LogP contribution >= 0.6 is 0 Å². The Morgan fingerprint density at radius 1 is 1.00 bits per heavy atom. The number of nitrogens with zero attached hydrogens (tertiary/aromatic N) is 4. The van der Waals surface area contributed by atoms with Gasteiger partial charge in [0.25, 0.3) is 0 Å². The smallest absolute Gasteiger partial charge is 0.0649 e. The molecule has 4 nitrogen and oxygen atoms in total. The van der Waals surface area contributed by atoms with E-state index in [9.17, 15) is 0 Å². The Labute approximate surface area is 110 Å². The van der Waals surface area contributed by atoms with Crippen LogP contribution in [-0.4, -0.2) is 19.6 Å². The van der Waals surface area contributed by atoms with Gasteiger partial charge in [0, 0.05) is 26.5 Å². The van der Waals surface area contributed by atoms with Crippen molar-refractivity contribution in [3.8, 4) is 0 Å². The predicted octanol–water partition coefficient (Wildman–Crippen LogP) is 3.09. The average molecular weight is 248 g/mol. The van der Waals surface area contributed by atoms with Gasteiger partial charge < -0.3 is 0 Å². The minimum atomic E-state index is 0.547. The van der Waals surface area contributed by atoms with E-state index in [0.29, 0.717) is 11.8 Å². The van der Waals surface area contributed by atoms with Gasteiger partial charge in [-0.3, -0.25) is 9.36 Å². The molecule has 0 saturated carbocycles. The molecule has 2 aromatic rings. The molecule has 0 spiro atoms. The molecule has 4 heteroatoms. The first-order valence-corrected chi connectivity index (χ1v) is 6.38. The van der Waals surface area contributed by atoms with Crippen molar-refractivity contribution in [1.29, 1.82) is 0 Å². The van der Waals surface area contributed by atoms with Crippen molar-refractivity contribution in [2.75, 3.05) is 0 Å². The molecule has 0 amide bonds. The highest BCUT2D eigenvalue weighted by molar-refractivity contribution is 5.08. The molecule has 0 unspecified atom stereocenters. The van der Waals surface area contributed by atoms with E-state index in [4.69, 9.17) is 0 Å². The third-order valence-corrected chi connectivity index (χ3v) is 2.72. The van der Waals surface area contributed by atoms with E-state index in [1.807, 2.05) is 48.1 Å². The van der Waals surface area contributed by atoms with Gasteiger partial charge in [-0.15, -0.1) is 0 Å². The van der Waals surface area contributed by atoms with Crippen molar-refractivity contribution in [3.05, 3.63) is 35.9 Å². The van der Waals surface area contributed by atoms with Crippen molar-refractivity contribution < 1.29 is 0 Å². The van der Waals surface area contributed by atoms with Crippen LogP contribution in [0.3, 0.4) is 0 Å². The van der Waals surface area contributed by atoms with Crippen LogP contribution in [0.1, 0.15) is 50.8 Å². The first-order valence-electron chi connectivity index (χ1n) is 6.38. The standard InChI is InChI=1S/2C7H12N2/c1-6(2)7-4-8-9(3)5-7;1-6(2)7-4-5-9(3)8-7/h2*4-6H,1-3H3. The second kappa shape index (κ2) is 6.38. The molecule has 0 bridgehead atoms. The van der Waals surface area contributed by atoms with Gasteiger partial charge in [-0.25, -0.2) is 0 Å². The summed E-state index contributed by atoms with van der Waals surface area (Å²) < 4.78 is 3.66. The quantitative estimate of drug-likeness (QED) is 0.818. The van der Waals surface area contributed by atoms with Crippen LogP contribution in [0.2, 0.25) is 0 Å². The summed E-state index contributed by atoms with van der Waals surface area (Å²) in [5.74, 6) is 1.14. The summed E-state index contributed by atoms with van der Waals surface area (Å²) in [6, 6.07) is 2.05. The second-order valence-electron chi connectivity index (χ2n) is 5.17. The van der Waals surface area contributed by atoms with Gasteiger partial charge in [0.1, 0.15) is 0 Å². The van der Waals surface area contributed by atoms with Gasteiger partial charge in [-0.1, -0.05) is 27.7 Å². The summed E-state index contributed by atoms with van der Waals surface area (Å²) >= 11 is 0. The summed E-state index contributed by atoms with van der Waals surface area (Å²) in [5, 5.41) is 8.28. The number of aryl methyl sites for hydroxylation is 2. The third kappa shape index (κ3) is 4.35. The van der Waals surface area contributed by atoms with E-state index in [1.165, 1.54) is 5.56 Å². The Balaban J connectivity index is 0.000000180. The molecule has 0 atom stereocenters. The van der Waals surface area contributed by atoms with Crippen LogP contribution in [0.5, 0.6) is 0 Å². The molecule has 0 radical (unpaired) electrons. The van der Waals surface area contributed by atoms with Crippen LogP contribution in [0.4, 0.5) is 0 Å². The Kier molecular flexibility index (Phi) is 5.13. The van der Waals surface area contributed by atoms with Crippen LogP contribution < -0.4 is 0 Å². The normalized spacial score (nSPS) is 10.7. The van der Waals surface area contributed by atoms with Crippen LogP contribution in [0.15, 0.2) is 24.7 Å². The maximum Gasteiger partial charge on any atom is 0.0649 e. The van der Waals surface area contributed by atoms with Gasteiger partial charge in [-0.05, 0) is 23.5 Å². The summed E-state index contributed by atoms with van der Waals surface area (Å²) in [4.78, 5) is 0. The average Bonchev–Trinajstić information content (AvgIpc) is 2.88. The molecular formula is C14H24N4. The second-order valence-corrected chi connectivity index (χ2v) is 5.17. The summed E-state index contributed by atoms with van der Waals surface area (Å²) in [7, 11) is 3.87. The van der Waals surface area contributed by atoms with Crippen LogP contribution in [0, 0.1) is 0 Å². The highest BCUT2D eigenvalue weighted by Gasteiger charge is 1.99. The lowest BCUT2D eigenvalue weighted by atomic mass is 10.1. The first kappa shape index (κ1) is 14.5. The fourth-order valence-electron chi connectivity index (χ4n) is 1.48. The number of rotatable bonds is 2. The van der Waals surface area contributed by atoms with Crippen LogP contribution in [-0.2, 0) is 14.1 Å². The zero-order chi connectivity index (χ0) is 13.7. The van der Waals surface area contributed by atoms with Crippen molar-refractivity contribution in [2.24, 2.45) is 14.1 Å². The van der Waals surface area contributed by atoms with E-state index in [0.717, 1.165) is 5.69 Å². The van der Waals surface area contributed by atoms with Crippen molar-refractivity contribution in [2.45, 2.75) is 39.5 Å². The highest BCUT2D eigenvalue weighted by Crippen LogP contribution is 2.11. The molecule has 18 heavy (non-hydrogen) atoms. The monoisotopic (exact) mass is 248 g/mol. The summed E-state index contributed by atoms with van der Waals surface area (Å²) in [5.41, 5.74) is 2.47. The van der Waals surface area contributed by atoms with Crippen molar-refractivity contribution in [3.63, 3.8) is 0 Å². The molecule has 0 fully saturated rings. The minimum Gasteiger partial charge on any atom is -0.276 e. The third-order valence-electron chi connectivity index (χ3n) is 2.72. The maximum atomic E-state index is 4.23. The Morgan fingerprint density at radius 2 is 1.67 bits per heavy atom. The fraction of sp³-hybridized carbons (Fsp3) is 0.571. The van der Waals surface area contributed by atoms with Crippen molar-refractivity contribution in [1.82, 2.24) is 19.6 Å². The fourth-order valence-corrected chi connectivity index (χ4v) is 1.48. The molecular weight excluding hydrogens is 224 g/mol. The Hall–Kier alpha value is -1.58. The topological polar surface area (TPSA) is 35.6 Å². The van der Waals surface area contributed by atoms with E-state index in [1.54, 1.807) is 0 Å². The summed E-state index contributed by atoms with van der Waals surface area (Å²) in [6.07, 6.45) is 5.92. The lowest BCUT2D eigenvalue weighted by Crippen LogP contribution is -1.92. The molecule has 2 rings (SSSR count). The Bertz CT molecular complexity index is 421. The van der Waals surface area contributed by atoms with Gasteiger partial charge in [0.05, 0.1) is 11.9 Å². The van der Waals surface area contributed by atoms with E-state index < -0.39 is 0 Å². The Morgan fingerprint density at radius 3 is 1.89 bits per heavy atom. The number of hydrogen-bond donors (Lipinski definition) is 0. The van der Waals surface area contributed by atoms with Gasteiger partial charge in [0.15, 0.2) is 0 Å². The molecule has 0 saturated heterocycles. The molecule has 0 aliphatic carbocycles. The molecule has 0 aliphatic heterocycles. The van der Waals surface area contributed by atoms with E-state index in [-0.39, 0.29) is 0 Å². The minimum absolute atomic E-state index is 0.547. The predicted molar refractivity (Wildman–Crippen MR) is 74.6 cm³/mol. The van der Waals surface area contributed by atoms with Crippen molar-refractivity contribution >= 4 is 0 Å². The first-order chi connectivity index (χ1) is 8.40. The van der Waals surface area contributed by atoms with Gasteiger partial charge >= 0.3 is 0 Å². The lowest BCUT2D eigenvalue weighted by molar-refractivity contribution is 0.713. The molecule has 100 valence electrons. The maximum absolute atomic E-state index is 4.23. The van der Waals surface area contributed by atoms with Gasteiger partial charge in [0.2, 0.25) is 0 Å². The zero-order valence-corrected chi connectivity index (χ0v) is 12.3. The zero-order valence-electron chi connectivity index (χ0n) is 12.3. The van der Waals surface area contributed by atoms with E-state index >= 15 is 0 Å². The van der Waals surface area contributed by atoms with Gasteiger partial charge in [-0.2, -0.15) is 10.2 Å². The number of aromatic nitrogens is 4. The summed E-state index contributed by atoms with van der Waals surface area (Å²) in [6.45, 7) is 8.61. The SMILES string of the molecule is CC(C)c1ccn(C)n1.CC(C)c1cnn(C)c1. The highest BCUT2D eigenvalue weighted by atomic mass is 15.2. The molecule has 2 heterocycles. The molecule has 0 aromatic carbocycles. The molecule has 2 aromatic heterocycles. The van der Waals surface area contributed by atoms with E-state index in [2.05, 4.69) is 37.9 Å². The molecule has 0 aliphatic rings. The molecule has 0 N–H and O–H groups in total. The van der Waals surface area contributed by atoms with Crippen LogP contribution in [0.25, 0.3) is 0 Å². The number of hydrogen-bond acceptors (Lipinski definition) is 2.